The lowest BCUT2D eigenvalue weighted by molar-refractivity contribution is -0.129. The van der Waals surface area contributed by atoms with Gasteiger partial charge in [0.1, 0.15) is 5.82 Å². The average molecular weight is 289 g/mol. The first-order valence-electron chi connectivity index (χ1n) is 3.99. The molecule has 0 aliphatic heterocycles. The van der Waals surface area contributed by atoms with Crippen LogP contribution in [0.4, 0.5) is 4.39 Å². The molecule has 0 aromatic heterocycles. The molecule has 84 valence electrons. The Balaban J connectivity index is 3.30. The highest BCUT2D eigenvalue weighted by molar-refractivity contribution is 9.10. The number of nitrogens with zero attached hydrogens (tertiary/aromatic N) is 1. The fourth-order valence-corrected chi connectivity index (χ4v) is 1.57. The minimum absolute atomic E-state index is 0.139. The Morgan fingerprint density at radius 2 is 2.06 bits per heavy atom. The standard InChI is InChI=1S/C9H6BrFN2O3/c10-4-2-1-3-5(11)6(4)8(14)7(13-12)9(15)16/h1-3H,12H2,(H,15,16)/b13-7-. The number of benzene rings is 1. The van der Waals surface area contributed by atoms with Gasteiger partial charge in [-0.25, -0.2) is 9.18 Å². The van der Waals surface area contributed by atoms with Gasteiger partial charge in [0.05, 0.1) is 5.56 Å². The largest absolute Gasteiger partial charge is 0.476 e. The van der Waals surface area contributed by atoms with Gasteiger partial charge in [-0.15, -0.1) is 0 Å². The van der Waals surface area contributed by atoms with Gasteiger partial charge in [0, 0.05) is 4.47 Å². The van der Waals surface area contributed by atoms with E-state index in [9.17, 15) is 14.0 Å². The van der Waals surface area contributed by atoms with Gasteiger partial charge in [0.15, 0.2) is 0 Å². The van der Waals surface area contributed by atoms with E-state index in [0.717, 1.165) is 6.07 Å². The second kappa shape index (κ2) is 4.84. The predicted octanol–water partition coefficient (Wildman–Crippen LogP) is 1.17. The molecular formula is C9H6BrFN2O3. The third-order valence-corrected chi connectivity index (χ3v) is 2.40. The molecule has 0 amide bonds. The zero-order valence-corrected chi connectivity index (χ0v) is 9.36. The van der Waals surface area contributed by atoms with Gasteiger partial charge in [-0.05, 0) is 28.1 Å². The molecular weight excluding hydrogens is 283 g/mol. The number of carbonyl (C=O) groups is 2. The van der Waals surface area contributed by atoms with Gasteiger partial charge in [0.25, 0.3) is 0 Å². The van der Waals surface area contributed by atoms with E-state index in [2.05, 4.69) is 21.0 Å². The maximum Gasteiger partial charge on any atom is 0.360 e. The number of halogens is 2. The number of carbonyl (C=O) groups excluding carboxylic acids is 1. The van der Waals surface area contributed by atoms with E-state index >= 15 is 0 Å². The fourth-order valence-electron chi connectivity index (χ4n) is 1.04. The number of Topliss-reactive ketones (excluding diaryl/α,β-unsaturated/α-hetero) is 1. The Morgan fingerprint density at radius 3 is 2.50 bits per heavy atom. The molecule has 7 heteroatoms. The van der Waals surface area contributed by atoms with Crippen LogP contribution in [0, 0.1) is 5.82 Å². The van der Waals surface area contributed by atoms with Crippen molar-refractivity contribution in [1.82, 2.24) is 0 Å². The monoisotopic (exact) mass is 288 g/mol. The van der Waals surface area contributed by atoms with E-state index in [1.54, 1.807) is 0 Å². The number of rotatable bonds is 3. The number of hydrazone groups is 1. The van der Waals surface area contributed by atoms with Crippen molar-refractivity contribution in [3.63, 3.8) is 0 Å². The van der Waals surface area contributed by atoms with E-state index in [0.29, 0.717) is 0 Å². The first-order chi connectivity index (χ1) is 7.49. The minimum atomic E-state index is -1.61. The molecule has 1 aromatic rings. The summed E-state index contributed by atoms with van der Waals surface area (Å²) in [4.78, 5) is 22.2. The molecule has 0 unspecified atom stereocenters. The maximum atomic E-state index is 13.3. The number of carboxylic acids is 1. The molecule has 1 rings (SSSR count). The van der Waals surface area contributed by atoms with Crippen molar-refractivity contribution in [3.8, 4) is 0 Å². The Labute approximate surface area is 97.9 Å². The topological polar surface area (TPSA) is 92.8 Å². The van der Waals surface area contributed by atoms with E-state index < -0.39 is 28.8 Å². The molecule has 1 aromatic carbocycles. The number of hydrogen-bond donors (Lipinski definition) is 2. The van der Waals surface area contributed by atoms with Crippen LogP contribution in [0.15, 0.2) is 27.8 Å². The highest BCUT2D eigenvalue weighted by Crippen LogP contribution is 2.20. The van der Waals surface area contributed by atoms with Crippen molar-refractivity contribution < 1.29 is 19.1 Å². The van der Waals surface area contributed by atoms with E-state index in [-0.39, 0.29) is 4.47 Å². The lowest BCUT2D eigenvalue weighted by Crippen LogP contribution is -2.26. The molecule has 0 spiro atoms. The number of ketones is 1. The Morgan fingerprint density at radius 1 is 1.44 bits per heavy atom. The molecule has 0 radical (unpaired) electrons. The van der Waals surface area contributed by atoms with Crippen LogP contribution in [0.1, 0.15) is 10.4 Å². The van der Waals surface area contributed by atoms with Gasteiger partial charge in [-0.3, -0.25) is 4.79 Å². The Bertz CT molecular complexity index is 467. The summed E-state index contributed by atoms with van der Waals surface area (Å²) < 4.78 is 13.5. The first-order valence-corrected chi connectivity index (χ1v) is 4.78. The van der Waals surface area contributed by atoms with Crippen LogP contribution < -0.4 is 5.84 Å². The number of carboxylic acid groups (broad SMARTS) is 1. The summed E-state index contributed by atoms with van der Waals surface area (Å²) in [5.74, 6) is 1.22. The fraction of sp³-hybridized carbons (Fsp3) is 0. The molecule has 0 aliphatic rings. The molecule has 5 nitrogen and oxygen atoms in total. The summed E-state index contributed by atoms with van der Waals surface area (Å²) >= 11 is 2.94. The molecule has 0 atom stereocenters. The van der Waals surface area contributed by atoms with Crippen LogP contribution >= 0.6 is 15.9 Å². The van der Waals surface area contributed by atoms with Crippen LogP contribution in [0.3, 0.4) is 0 Å². The molecule has 16 heavy (non-hydrogen) atoms. The summed E-state index contributed by atoms with van der Waals surface area (Å²) in [6.45, 7) is 0. The first kappa shape index (κ1) is 12.3. The third-order valence-electron chi connectivity index (χ3n) is 1.74. The lowest BCUT2D eigenvalue weighted by atomic mass is 10.1. The second-order valence-electron chi connectivity index (χ2n) is 2.71. The quantitative estimate of drug-likeness (QED) is 0.287. The van der Waals surface area contributed by atoms with Crippen LogP contribution in [-0.4, -0.2) is 22.6 Å². The van der Waals surface area contributed by atoms with Gasteiger partial charge in [0.2, 0.25) is 11.5 Å². The van der Waals surface area contributed by atoms with E-state index in [4.69, 9.17) is 10.9 Å². The third kappa shape index (κ3) is 2.25. The van der Waals surface area contributed by atoms with Crippen molar-refractivity contribution in [2.75, 3.05) is 0 Å². The highest BCUT2D eigenvalue weighted by Gasteiger charge is 2.25. The van der Waals surface area contributed by atoms with Crippen molar-refractivity contribution in [3.05, 3.63) is 34.1 Å². The predicted molar refractivity (Wildman–Crippen MR) is 57.7 cm³/mol. The summed E-state index contributed by atoms with van der Waals surface area (Å²) in [7, 11) is 0. The number of hydrogen-bond acceptors (Lipinski definition) is 4. The summed E-state index contributed by atoms with van der Waals surface area (Å²) in [5, 5.41) is 11.4. The van der Waals surface area contributed by atoms with Crippen LogP contribution in [0.2, 0.25) is 0 Å². The van der Waals surface area contributed by atoms with Gasteiger partial charge < -0.3 is 10.9 Å². The summed E-state index contributed by atoms with van der Waals surface area (Å²) in [6.07, 6.45) is 0. The summed E-state index contributed by atoms with van der Waals surface area (Å²) in [5.41, 5.74) is -1.33. The van der Waals surface area contributed by atoms with Gasteiger partial charge >= 0.3 is 5.97 Å². The second-order valence-corrected chi connectivity index (χ2v) is 3.56. The number of aliphatic carboxylic acids is 1. The Kier molecular flexibility index (Phi) is 3.73. The van der Waals surface area contributed by atoms with Crippen molar-refractivity contribution in [2.24, 2.45) is 10.9 Å². The zero-order chi connectivity index (χ0) is 12.3. The highest BCUT2D eigenvalue weighted by atomic mass is 79.9. The van der Waals surface area contributed by atoms with Crippen molar-refractivity contribution in [1.29, 1.82) is 0 Å². The molecule has 0 bridgehead atoms. The molecule has 0 heterocycles. The van der Waals surface area contributed by atoms with Gasteiger partial charge in [-0.1, -0.05) is 6.07 Å². The molecule has 0 fully saturated rings. The van der Waals surface area contributed by atoms with Gasteiger partial charge in [-0.2, -0.15) is 5.10 Å². The van der Waals surface area contributed by atoms with Crippen molar-refractivity contribution >= 4 is 33.4 Å². The molecule has 0 saturated carbocycles. The van der Waals surface area contributed by atoms with E-state index in [1.165, 1.54) is 12.1 Å². The maximum absolute atomic E-state index is 13.3. The average Bonchev–Trinajstić information content (AvgIpc) is 2.17. The molecule has 3 N–H and O–H groups in total. The normalized spacial score (nSPS) is 11.2. The smallest absolute Gasteiger partial charge is 0.360 e. The lowest BCUT2D eigenvalue weighted by Gasteiger charge is -2.03. The van der Waals surface area contributed by atoms with E-state index in [1.807, 2.05) is 0 Å². The molecule has 0 saturated heterocycles. The summed E-state index contributed by atoms with van der Waals surface area (Å²) in [6, 6.07) is 3.82. The zero-order valence-electron chi connectivity index (χ0n) is 7.78. The number of nitrogens with two attached hydrogens (primary N) is 1. The minimum Gasteiger partial charge on any atom is -0.476 e. The van der Waals surface area contributed by atoms with Crippen LogP contribution in [0.5, 0.6) is 0 Å². The molecule has 0 aliphatic carbocycles. The van der Waals surface area contributed by atoms with Crippen LogP contribution in [0.25, 0.3) is 0 Å². The Hall–Kier alpha value is -1.76. The van der Waals surface area contributed by atoms with Crippen LogP contribution in [-0.2, 0) is 4.79 Å². The van der Waals surface area contributed by atoms with Crippen molar-refractivity contribution in [2.45, 2.75) is 0 Å². The SMILES string of the molecule is N/N=C(\C(=O)O)C(=O)c1c(F)cccc1Br.